The monoisotopic (exact) mass is 417 g/mol. The number of aryl methyl sites for hydroxylation is 1. The van der Waals surface area contributed by atoms with Crippen molar-refractivity contribution in [2.75, 3.05) is 19.0 Å². The Hall–Kier alpha value is -2.52. The number of anilines is 1. The lowest BCUT2D eigenvalue weighted by atomic mass is 10.1. The third kappa shape index (κ3) is 3.72. The van der Waals surface area contributed by atoms with E-state index >= 15 is 0 Å². The van der Waals surface area contributed by atoms with Gasteiger partial charge in [0.2, 0.25) is 5.88 Å². The van der Waals surface area contributed by atoms with Gasteiger partial charge in [-0.1, -0.05) is 6.42 Å². The fourth-order valence-corrected chi connectivity index (χ4v) is 5.34. The van der Waals surface area contributed by atoms with Crippen LogP contribution in [0, 0.1) is 0 Å². The maximum Gasteiger partial charge on any atom is 0.341 e. The third-order valence-corrected chi connectivity index (χ3v) is 6.66. The normalized spacial score (nSPS) is 13.6. The second-order valence-electron chi connectivity index (χ2n) is 6.42. The molecule has 0 saturated heterocycles. The summed E-state index contributed by atoms with van der Waals surface area (Å²) in [5, 5.41) is 6.04. The van der Waals surface area contributed by atoms with E-state index in [2.05, 4.69) is 15.3 Å². The fourth-order valence-electron chi connectivity index (χ4n) is 3.33. The average molecular weight is 418 g/mol. The number of ether oxygens (including phenoxy) is 2. The van der Waals surface area contributed by atoms with E-state index < -0.39 is 5.97 Å². The molecule has 0 radical (unpaired) electrons. The maximum atomic E-state index is 12.5. The van der Waals surface area contributed by atoms with E-state index in [1.807, 2.05) is 11.4 Å². The van der Waals surface area contributed by atoms with Crippen molar-refractivity contribution < 1.29 is 19.1 Å². The molecule has 1 amide bonds. The highest BCUT2D eigenvalue weighted by Crippen LogP contribution is 2.38. The Kier molecular flexibility index (Phi) is 5.54. The van der Waals surface area contributed by atoms with Crippen LogP contribution in [0.3, 0.4) is 0 Å². The summed E-state index contributed by atoms with van der Waals surface area (Å²) in [7, 11) is 1.36. The number of nitrogens with zero attached hydrogens (tertiary/aromatic N) is 2. The van der Waals surface area contributed by atoms with E-state index in [0.29, 0.717) is 16.4 Å². The van der Waals surface area contributed by atoms with E-state index in [0.717, 1.165) is 52.8 Å². The van der Waals surface area contributed by atoms with Gasteiger partial charge in [-0.15, -0.1) is 22.7 Å². The van der Waals surface area contributed by atoms with Crippen molar-refractivity contribution in [1.29, 1.82) is 0 Å². The number of methoxy groups -OCH3 is 1. The minimum Gasteiger partial charge on any atom is -0.467 e. The quantitative estimate of drug-likeness (QED) is 0.501. The SMILES string of the molecule is COC(=O)c1c(NC(=O)COc2ncnc3sccc23)sc2c1CCCCC2. The molecule has 3 heterocycles. The lowest BCUT2D eigenvalue weighted by Crippen LogP contribution is -2.21. The summed E-state index contributed by atoms with van der Waals surface area (Å²) < 4.78 is 10.6. The zero-order valence-electron chi connectivity index (χ0n) is 15.3. The molecule has 1 aliphatic carbocycles. The second kappa shape index (κ2) is 8.24. The summed E-state index contributed by atoms with van der Waals surface area (Å²) in [6, 6.07) is 1.86. The molecule has 0 bridgehead atoms. The molecule has 7 nitrogen and oxygen atoms in total. The predicted molar refractivity (Wildman–Crippen MR) is 108 cm³/mol. The first-order chi connectivity index (χ1) is 13.7. The number of nitrogens with one attached hydrogen (secondary N) is 1. The molecule has 0 unspecified atom stereocenters. The van der Waals surface area contributed by atoms with E-state index in [1.165, 1.54) is 36.1 Å². The molecule has 146 valence electrons. The van der Waals surface area contributed by atoms with Crippen molar-refractivity contribution in [3.63, 3.8) is 0 Å². The van der Waals surface area contributed by atoms with Gasteiger partial charge in [0, 0.05) is 4.88 Å². The number of carbonyl (C=O) groups is 2. The molecule has 4 rings (SSSR count). The summed E-state index contributed by atoms with van der Waals surface area (Å²) >= 11 is 2.94. The van der Waals surface area contributed by atoms with Gasteiger partial charge in [0.25, 0.3) is 5.91 Å². The predicted octanol–water partition coefficient (Wildman–Crippen LogP) is 3.83. The molecule has 3 aromatic rings. The van der Waals surface area contributed by atoms with Gasteiger partial charge in [-0.25, -0.2) is 14.8 Å². The Bertz CT molecular complexity index is 1030. The smallest absolute Gasteiger partial charge is 0.341 e. The average Bonchev–Trinajstić information content (AvgIpc) is 3.24. The van der Waals surface area contributed by atoms with E-state index in [-0.39, 0.29) is 12.5 Å². The number of aromatic nitrogens is 2. The molecule has 1 aliphatic rings. The van der Waals surface area contributed by atoms with E-state index in [4.69, 9.17) is 9.47 Å². The summed E-state index contributed by atoms with van der Waals surface area (Å²) in [5.74, 6) is -0.383. The van der Waals surface area contributed by atoms with Crippen molar-refractivity contribution in [1.82, 2.24) is 9.97 Å². The highest BCUT2D eigenvalue weighted by molar-refractivity contribution is 7.17. The molecule has 0 saturated carbocycles. The molecule has 1 N–H and O–H groups in total. The van der Waals surface area contributed by atoms with Crippen molar-refractivity contribution in [3.05, 3.63) is 33.8 Å². The Balaban J connectivity index is 1.51. The fraction of sp³-hybridized carbons (Fsp3) is 0.368. The first kappa shape index (κ1) is 18.8. The number of amides is 1. The summed E-state index contributed by atoms with van der Waals surface area (Å²) in [6.45, 7) is -0.203. The van der Waals surface area contributed by atoms with Gasteiger partial charge >= 0.3 is 5.97 Å². The molecule has 0 atom stereocenters. The Morgan fingerprint density at radius 1 is 1.21 bits per heavy atom. The van der Waals surface area contributed by atoms with Crippen LogP contribution in [0.5, 0.6) is 5.88 Å². The second-order valence-corrected chi connectivity index (χ2v) is 8.41. The van der Waals surface area contributed by atoms with Crippen LogP contribution in [0.4, 0.5) is 5.00 Å². The highest BCUT2D eigenvalue weighted by atomic mass is 32.1. The summed E-state index contributed by atoms with van der Waals surface area (Å²) in [5.41, 5.74) is 1.50. The van der Waals surface area contributed by atoms with Crippen LogP contribution in [0.15, 0.2) is 17.8 Å². The first-order valence-electron chi connectivity index (χ1n) is 9.01. The van der Waals surface area contributed by atoms with Crippen LogP contribution >= 0.6 is 22.7 Å². The number of rotatable bonds is 5. The van der Waals surface area contributed by atoms with Crippen LogP contribution in [0.2, 0.25) is 0 Å². The summed E-state index contributed by atoms with van der Waals surface area (Å²) in [4.78, 5) is 35.0. The lowest BCUT2D eigenvalue weighted by molar-refractivity contribution is -0.118. The third-order valence-electron chi connectivity index (χ3n) is 4.63. The molecular weight excluding hydrogens is 398 g/mol. The van der Waals surface area contributed by atoms with Crippen LogP contribution < -0.4 is 10.1 Å². The number of hydrogen-bond donors (Lipinski definition) is 1. The molecular formula is C19H19N3O4S2. The Labute approximate surface area is 169 Å². The van der Waals surface area contributed by atoms with Crippen LogP contribution in [-0.2, 0) is 22.4 Å². The first-order valence-corrected chi connectivity index (χ1v) is 10.7. The Morgan fingerprint density at radius 2 is 2.07 bits per heavy atom. The number of fused-ring (bicyclic) bond motifs is 2. The number of carbonyl (C=O) groups excluding carboxylic acids is 2. The van der Waals surface area contributed by atoms with Gasteiger partial charge in [-0.2, -0.15) is 0 Å². The molecule has 28 heavy (non-hydrogen) atoms. The molecule has 0 spiro atoms. The van der Waals surface area contributed by atoms with E-state index in [9.17, 15) is 9.59 Å². The van der Waals surface area contributed by atoms with Gasteiger partial charge in [0.05, 0.1) is 18.1 Å². The molecule has 0 fully saturated rings. The van der Waals surface area contributed by atoms with Gasteiger partial charge in [0.1, 0.15) is 16.2 Å². The number of thiophene rings is 2. The number of esters is 1. The van der Waals surface area contributed by atoms with Crippen molar-refractivity contribution in [3.8, 4) is 5.88 Å². The van der Waals surface area contributed by atoms with Crippen LogP contribution in [0.25, 0.3) is 10.2 Å². The van der Waals surface area contributed by atoms with Gasteiger partial charge in [0.15, 0.2) is 6.61 Å². The van der Waals surface area contributed by atoms with E-state index in [1.54, 1.807) is 0 Å². The topological polar surface area (TPSA) is 90.4 Å². The lowest BCUT2D eigenvalue weighted by Gasteiger charge is -2.08. The summed E-state index contributed by atoms with van der Waals surface area (Å²) in [6.07, 6.45) is 6.45. The van der Waals surface area contributed by atoms with Crippen molar-refractivity contribution in [2.24, 2.45) is 0 Å². The largest absolute Gasteiger partial charge is 0.467 e. The minimum atomic E-state index is -0.411. The molecule has 9 heteroatoms. The Morgan fingerprint density at radius 3 is 2.93 bits per heavy atom. The van der Waals surface area contributed by atoms with Crippen LogP contribution in [0.1, 0.15) is 40.1 Å². The zero-order valence-corrected chi connectivity index (χ0v) is 17.0. The molecule has 0 aromatic carbocycles. The maximum absolute atomic E-state index is 12.5. The van der Waals surface area contributed by atoms with Gasteiger partial charge < -0.3 is 14.8 Å². The van der Waals surface area contributed by atoms with Crippen molar-refractivity contribution in [2.45, 2.75) is 32.1 Å². The minimum absolute atomic E-state index is 0.203. The highest BCUT2D eigenvalue weighted by Gasteiger charge is 2.26. The van der Waals surface area contributed by atoms with Crippen molar-refractivity contribution >= 4 is 49.8 Å². The van der Waals surface area contributed by atoms with Gasteiger partial charge in [-0.05, 0) is 42.7 Å². The molecule has 0 aliphatic heterocycles. The standard InChI is InChI=1S/C19H19N3O4S2/c1-25-19(24)15-11-5-3-2-4-6-13(11)28-18(15)22-14(23)9-26-16-12-7-8-27-17(12)21-10-20-16/h7-8,10H,2-6,9H2,1H3,(H,22,23). The zero-order chi connectivity index (χ0) is 19.5. The molecule has 3 aromatic heterocycles. The van der Waals surface area contributed by atoms with Crippen LogP contribution in [-0.4, -0.2) is 35.6 Å². The number of hydrogen-bond acceptors (Lipinski definition) is 8. The van der Waals surface area contributed by atoms with Gasteiger partial charge in [-0.3, -0.25) is 4.79 Å².